The fourth-order valence-electron chi connectivity index (χ4n) is 1.98. The van der Waals surface area contributed by atoms with E-state index in [4.69, 9.17) is 4.52 Å². The highest BCUT2D eigenvalue weighted by Gasteiger charge is 2.08. The highest BCUT2D eigenvalue weighted by atomic mass is 16.5. The van der Waals surface area contributed by atoms with Crippen LogP contribution in [0.5, 0.6) is 0 Å². The summed E-state index contributed by atoms with van der Waals surface area (Å²) in [5.74, 6) is 1.45. The van der Waals surface area contributed by atoms with Gasteiger partial charge in [-0.05, 0) is 12.5 Å². The Bertz CT molecular complexity index is 763. The molecule has 0 aliphatic heterocycles. The molecular weight excluding hydrogens is 282 g/mol. The molecule has 0 atom stereocenters. The van der Waals surface area contributed by atoms with Crippen LogP contribution in [-0.4, -0.2) is 21.0 Å². The lowest BCUT2D eigenvalue weighted by Gasteiger charge is -2.03. The number of carbonyl (C=O) groups is 1. The van der Waals surface area contributed by atoms with Crippen LogP contribution in [-0.2, 0) is 6.54 Å². The second kappa shape index (κ2) is 6.13. The highest BCUT2D eigenvalue weighted by molar-refractivity contribution is 5.98. The molecule has 0 saturated heterocycles. The topological polar surface area (TPSA) is 85.0 Å². The number of hydrogen-bond donors (Lipinski definition) is 2. The lowest BCUT2D eigenvalue weighted by atomic mass is 10.2. The minimum Gasteiger partial charge on any atom is -0.360 e. The zero-order chi connectivity index (χ0) is 15.4. The van der Waals surface area contributed by atoms with Gasteiger partial charge in [-0.3, -0.25) is 15.3 Å². The van der Waals surface area contributed by atoms with Crippen molar-refractivity contribution in [1.82, 2.24) is 14.9 Å². The Hall–Kier alpha value is -3.09. The summed E-state index contributed by atoms with van der Waals surface area (Å²) in [5.41, 5.74) is 1.14. The molecule has 0 bridgehead atoms. The number of aromatic nitrogens is 3. The minimum atomic E-state index is -0.418. The van der Waals surface area contributed by atoms with Gasteiger partial charge in [-0.2, -0.15) is 5.10 Å². The summed E-state index contributed by atoms with van der Waals surface area (Å²) >= 11 is 0. The molecule has 2 heterocycles. The van der Waals surface area contributed by atoms with Gasteiger partial charge in [-0.15, -0.1) is 0 Å². The average Bonchev–Trinajstić information content (AvgIpc) is 3.09. The number of amides is 2. The first-order valence-electron chi connectivity index (χ1n) is 6.78. The maximum atomic E-state index is 11.8. The van der Waals surface area contributed by atoms with E-state index in [0.717, 1.165) is 5.56 Å². The fourth-order valence-corrected chi connectivity index (χ4v) is 1.98. The van der Waals surface area contributed by atoms with Crippen molar-refractivity contribution in [3.63, 3.8) is 0 Å². The average molecular weight is 297 g/mol. The van der Waals surface area contributed by atoms with Crippen LogP contribution < -0.4 is 10.6 Å². The molecule has 0 aliphatic rings. The van der Waals surface area contributed by atoms with Crippen molar-refractivity contribution >= 4 is 17.7 Å². The van der Waals surface area contributed by atoms with Crippen LogP contribution in [0, 0.1) is 6.92 Å². The summed E-state index contributed by atoms with van der Waals surface area (Å²) < 4.78 is 6.63. The summed E-state index contributed by atoms with van der Waals surface area (Å²) in [4.78, 5) is 11.8. The third-order valence-corrected chi connectivity index (χ3v) is 2.94. The van der Waals surface area contributed by atoms with Gasteiger partial charge >= 0.3 is 6.03 Å². The van der Waals surface area contributed by atoms with E-state index in [2.05, 4.69) is 20.9 Å². The second-order valence-electron chi connectivity index (χ2n) is 4.79. The van der Waals surface area contributed by atoms with Crippen LogP contribution in [0.15, 0.2) is 53.2 Å². The predicted molar refractivity (Wildman–Crippen MR) is 81.7 cm³/mol. The molecule has 0 saturated carbocycles. The minimum absolute atomic E-state index is 0.360. The van der Waals surface area contributed by atoms with Crippen molar-refractivity contribution in [2.45, 2.75) is 13.5 Å². The summed E-state index contributed by atoms with van der Waals surface area (Å²) in [6.45, 7) is 2.40. The third-order valence-electron chi connectivity index (χ3n) is 2.94. The second-order valence-corrected chi connectivity index (χ2v) is 4.79. The Labute approximate surface area is 126 Å². The number of anilines is 2. The maximum Gasteiger partial charge on any atom is 0.326 e. The summed E-state index contributed by atoms with van der Waals surface area (Å²) in [7, 11) is 0. The zero-order valence-corrected chi connectivity index (χ0v) is 12.0. The predicted octanol–water partition coefficient (Wildman–Crippen LogP) is 2.87. The molecule has 0 radical (unpaired) electrons. The lowest BCUT2D eigenvalue weighted by molar-refractivity contribution is 0.262. The number of urea groups is 1. The van der Waals surface area contributed by atoms with Gasteiger partial charge in [0.2, 0.25) is 0 Å². The first-order chi connectivity index (χ1) is 10.7. The Morgan fingerprint density at radius 1 is 1.18 bits per heavy atom. The Morgan fingerprint density at radius 2 is 1.95 bits per heavy atom. The molecule has 1 aromatic carbocycles. The highest BCUT2D eigenvalue weighted by Crippen LogP contribution is 2.09. The number of hydrogen-bond acceptors (Lipinski definition) is 4. The van der Waals surface area contributed by atoms with E-state index in [9.17, 15) is 4.79 Å². The van der Waals surface area contributed by atoms with Gasteiger partial charge in [0, 0.05) is 18.3 Å². The van der Waals surface area contributed by atoms with Crippen molar-refractivity contribution in [3.05, 3.63) is 60.0 Å². The van der Waals surface area contributed by atoms with Gasteiger partial charge in [0.25, 0.3) is 0 Å². The number of nitrogens with zero attached hydrogens (tertiary/aromatic N) is 3. The van der Waals surface area contributed by atoms with E-state index in [1.54, 1.807) is 23.7 Å². The largest absolute Gasteiger partial charge is 0.360 e. The monoisotopic (exact) mass is 297 g/mol. The van der Waals surface area contributed by atoms with E-state index in [-0.39, 0.29) is 0 Å². The first-order valence-corrected chi connectivity index (χ1v) is 6.78. The fraction of sp³-hybridized carbons (Fsp3) is 0.133. The van der Waals surface area contributed by atoms with Gasteiger partial charge in [-0.25, -0.2) is 4.79 Å². The number of benzene rings is 1. The molecule has 112 valence electrons. The molecule has 0 fully saturated rings. The SMILES string of the molecule is Cc1cc(NC(=O)Nc2ccn(Cc3ccccc3)n2)no1. The quantitative estimate of drug-likeness (QED) is 0.775. The molecule has 2 aromatic heterocycles. The smallest absolute Gasteiger partial charge is 0.326 e. The van der Waals surface area contributed by atoms with Crippen LogP contribution in [0.1, 0.15) is 11.3 Å². The van der Waals surface area contributed by atoms with Gasteiger partial charge < -0.3 is 4.52 Å². The molecule has 7 nitrogen and oxygen atoms in total. The molecule has 0 spiro atoms. The standard InChI is InChI=1S/C15H15N5O2/c1-11-9-14(19-22-11)17-15(21)16-13-7-8-20(18-13)10-12-5-3-2-4-6-12/h2-9H,10H2,1H3,(H2,16,17,18,19,21). The zero-order valence-electron chi connectivity index (χ0n) is 12.0. The van der Waals surface area contributed by atoms with Crippen molar-refractivity contribution < 1.29 is 9.32 Å². The van der Waals surface area contributed by atoms with Crippen molar-refractivity contribution in [2.75, 3.05) is 10.6 Å². The molecule has 2 amide bonds. The van der Waals surface area contributed by atoms with Crippen LogP contribution >= 0.6 is 0 Å². The third kappa shape index (κ3) is 3.51. The van der Waals surface area contributed by atoms with Gasteiger partial charge in [0.1, 0.15) is 5.76 Å². The Kier molecular flexibility index (Phi) is 3.86. The summed E-state index contributed by atoms with van der Waals surface area (Å²) in [6, 6.07) is 12.9. The molecular formula is C15H15N5O2. The summed E-state index contributed by atoms with van der Waals surface area (Å²) in [5, 5.41) is 13.2. The molecule has 0 aliphatic carbocycles. The van der Waals surface area contributed by atoms with E-state index in [1.807, 2.05) is 36.5 Å². The van der Waals surface area contributed by atoms with E-state index in [0.29, 0.717) is 23.9 Å². The number of carbonyl (C=O) groups excluding carboxylic acids is 1. The van der Waals surface area contributed by atoms with Crippen LogP contribution in [0.2, 0.25) is 0 Å². The number of aryl methyl sites for hydroxylation is 1. The van der Waals surface area contributed by atoms with Crippen molar-refractivity contribution in [3.8, 4) is 0 Å². The molecule has 3 rings (SSSR count). The summed E-state index contributed by atoms with van der Waals surface area (Å²) in [6.07, 6.45) is 1.81. The number of rotatable bonds is 4. The molecule has 3 aromatic rings. The molecule has 7 heteroatoms. The van der Waals surface area contributed by atoms with Crippen LogP contribution in [0.4, 0.5) is 16.4 Å². The number of nitrogens with one attached hydrogen (secondary N) is 2. The lowest BCUT2D eigenvalue weighted by Crippen LogP contribution is -2.20. The van der Waals surface area contributed by atoms with Gasteiger partial charge in [0.05, 0.1) is 6.54 Å². The molecule has 22 heavy (non-hydrogen) atoms. The molecule has 0 unspecified atom stereocenters. The Morgan fingerprint density at radius 3 is 2.68 bits per heavy atom. The molecule has 2 N–H and O–H groups in total. The van der Waals surface area contributed by atoms with E-state index >= 15 is 0 Å². The van der Waals surface area contributed by atoms with E-state index < -0.39 is 6.03 Å². The van der Waals surface area contributed by atoms with Gasteiger partial charge in [-0.1, -0.05) is 35.5 Å². The first kappa shape index (κ1) is 13.9. The van der Waals surface area contributed by atoms with Gasteiger partial charge in [0.15, 0.2) is 11.6 Å². The maximum absolute atomic E-state index is 11.8. The Balaban J connectivity index is 1.58. The van der Waals surface area contributed by atoms with Crippen LogP contribution in [0.25, 0.3) is 0 Å². The van der Waals surface area contributed by atoms with Crippen molar-refractivity contribution in [1.29, 1.82) is 0 Å². The normalized spacial score (nSPS) is 10.4. The van der Waals surface area contributed by atoms with E-state index in [1.165, 1.54) is 0 Å². The van der Waals surface area contributed by atoms with Crippen LogP contribution in [0.3, 0.4) is 0 Å². The van der Waals surface area contributed by atoms with Crippen molar-refractivity contribution in [2.24, 2.45) is 0 Å².